The van der Waals surface area contributed by atoms with E-state index in [0.717, 1.165) is 53.3 Å². The van der Waals surface area contributed by atoms with E-state index in [2.05, 4.69) is 123 Å². The maximum absolute atomic E-state index is 6.88. The molecule has 0 radical (unpaired) electrons. The van der Waals surface area contributed by atoms with Crippen molar-refractivity contribution in [1.82, 2.24) is 4.98 Å². The second kappa shape index (κ2) is 12.4. The molecule has 0 amide bonds. The van der Waals surface area contributed by atoms with Crippen LogP contribution in [0.5, 0.6) is 0 Å². The van der Waals surface area contributed by atoms with E-state index in [9.17, 15) is 0 Å². The van der Waals surface area contributed by atoms with Crippen LogP contribution in [0.4, 0.5) is 0 Å². The Bertz CT molecular complexity index is 2420. The van der Waals surface area contributed by atoms with Gasteiger partial charge in [-0.2, -0.15) is 9.13 Å². The molecule has 52 heavy (non-hydrogen) atoms. The first-order chi connectivity index (χ1) is 25.0. The lowest BCUT2D eigenvalue weighted by molar-refractivity contribution is -0.726. The molecule has 6 heterocycles. The Morgan fingerprint density at radius 3 is 2.50 bits per heavy atom. The van der Waals surface area contributed by atoms with Gasteiger partial charge >= 0.3 is 0 Å². The standard InChI is InChI=1S/C47H53N3OSi/c1-28(2)39-26-40-36-16-12-11-15-35(36)37-20-18-34-23-29(3)43-38-19-17-30(4)48-47(38)51-46(43)44(34)41-25-33(24-32-13-9-10-14-32)21-22-49(41)31(5)45(37)50(40)27-42(39)52(6,7)8/h11-12,15-17,19,21-23,25-28,32,37,45H,5,9-10,13-14,18,20,24H2,1-4,6-8H3/q+2. The molecule has 4 nitrogen and oxygen atoms in total. The van der Waals surface area contributed by atoms with Crippen LogP contribution < -0.4 is 14.3 Å². The van der Waals surface area contributed by atoms with Gasteiger partial charge in [-0.05, 0) is 97.5 Å². The van der Waals surface area contributed by atoms with Crippen molar-refractivity contribution in [2.45, 2.75) is 110 Å². The Morgan fingerprint density at radius 1 is 0.942 bits per heavy atom. The minimum Gasteiger partial charge on any atom is -0.437 e. The van der Waals surface area contributed by atoms with Crippen molar-refractivity contribution in [3.05, 3.63) is 113 Å². The van der Waals surface area contributed by atoms with Crippen molar-refractivity contribution >= 4 is 41.0 Å². The molecular weight excluding hydrogens is 651 g/mol. The van der Waals surface area contributed by atoms with Gasteiger partial charge in [0.15, 0.2) is 18.0 Å². The van der Waals surface area contributed by atoms with Crippen LogP contribution in [0.1, 0.15) is 97.3 Å². The van der Waals surface area contributed by atoms with Crippen molar-refractivity contribution in [2.75, 3.05) is 0 Å². The monoisotopic (exact) mass is 703 g/mol. The highest BCUT2D eigenvalue weighted by Crippen LogP contribution is 2.47. The van der Waals surface area contributed by atoms with E-state index < -0.39 is 8.07 Å². The molecule has 1 saturated carbocycles. The predicted octanol–water partition coefficient (Wildman–Crippen LogP) is 10.7. The first-order valence-electron chi connectivity index (χ1n) is 19.7. The van der Waals surface area contributed by atoms with Crippen LogP contribution in [0, 0.1) is 19.8 Å². The molecule has 1 aliphatic carbocycles. The fourth-order valence-corrected chi connectivity index (χ4v) is 11.8. The molecule has 2 aliphatic heterocycles. The van der Waals surface area contributed by atoms with Gasteiger partial charge in [-0.3, -0.25) is 0 Å². The maximum Gasteiger partial charge on any atom is 0.249 e. The van der Waals surface area contributed by atoms with Gasteiger partial charge in [0.1, 0.15) is 0 Å². The summed E-state index contributed by atoms with van der Waals surface area (Å²) >= 11 is 0. The quantitative estimate of drug-likeness (QED) is 0.135. The Morgan fingerprint density at radius 2 is 1.73 bits per heavy atom. The van der Waals surface area contributed by atoms with Gasteiger partial charge in [0.25, 0.3) is 0 Å². The van der Waals surface area contributed by atoms with Crippen LogP contribution in [0.3, 0.4) is 0 Å². The highest BCUT2D eigenvalue weighted by atomic mass is 28.3. The van der Waals surface area contributed by atoms with Crippen molar-refractivity contribution in [2.24, 2.45) is 5.92 Å². The first kappa shape index (κ1) is 33.5. The Hall–Kier alpha value is -4.35. The fourth-order valence-electron chi connectivity index (χ4n) is 10.0. The summed E-state index contributed by atoms with van der Waals surface area (Å²) in [4.78, 5) is 4.89. The lowest BCUT2D eigenvalue weighted by atomic mass is 9.78. The Kier molecular flexibility index (Phi) is 7.96. The molecular formula is C47H53N3OSi+2. The van der Waals surface area contributed by atoms with Gasteiger partial charge < -0.3 is 4.42 Å². The van der Waals surface area contributed by atoms with E-state index in [1.54, 1.807) is 5.19 Å². The number of pyridine rings is 3. The van der Waals surface area contributed by atoms with Crippen molar-refractivity contribution in [3.63, 3.8) is 0 Å². The second-order valence-corrected chi connectivity index (χ2v) is 22.5. The highest BCUT2D eigenvalue weighted by Gasteiger charge is 2.48. The van der Waals surface area contributed by atoms with Gasteiger partial charge in [0, 0.05) is 45.4 Å². The lowest BCUT2D eigenvalue weighted by Crippen LogP contribution is -2.57. The number of allylic oxidation sites excluding steroid dienone is 1. The number of furan rings is 1. The van der Waals surface area contributed by atoms with Crippen molar-refractivity contribution < 1.29 is 13.6 Å². The van der Waals surface area contributed by atoms with Gasteiger partial charge in [0.05, 0.1) is 19.6 Å². The molecule has 2 unspecified atom stereocenters. The number of hydrogen-bond acceptors (Lipinski definition) is 2. The van der Waals surface area contributed by atoms with E-state index in [-0.39, 0.29) is 12.0 Å². The second-order valence-electron chi connectivity index (χ2n) is 17.5. The SMILES string of the molecule is C=C1C2C(CCc3cc(C)c4c(oc5nc(C)ccc54)c3-c3cc(CC4CCCC4)cc[n+]31)c1ccccc1-c1cc(C(C)C)c([Si](C)(C)C)c[n+]12. The number of hydrogen-bond donors (Lipinski definition) is 0. The third-order valence-corrected chi connectivity index (χ3v) is 14.6. The van der Waals surface area contributed by atoms with E-state index in [1.807, 2.05) is 6.92 Å². The molecule has 9 rings (SSSR count). The van der Waals surface area contributed by atoms with Crippen LogP contribution in [0.15, 0.2) is 84.1 Å². The summed E-state index contributed by atoms with van der Waals surface area (Å²) in [7, 11) is -1.68. The van der Waals surface area contributed by atoms with Crippen LogP contribution in [0.25, 0.3) is 50.3 Å². The molecule has 4 aromatic heterocycles. The van der Waals surface area contributed by atoms with Crippen LogP contribution in [0.2, 0.25) is 19.6 Å². The van der Waals surface area contributed by atoms with E-state index >= 15 is 0 Å². The number of fused-ring (bicyclic) bond motifs is 13. The summed E-state index contributed by atoms with van der Waals surface area (Å²) in [6.07, 6.45) is 13.4. The summed E-state index contributed by atoms with van der Waals surface area (Å²) < 4.78 is 12.0. The normalized spacial score (nSPS) is 18.8. The number of aryl methyl sites for hydroxylation is 3. The van der Waals surface area contributed by atoms with Gasteiger partial charge in [-0.1, -0.05) is 83.4 Å². The van der Waals surface area contributed by atoms with Gasteiger partial charge in [0.2, 0.25) is 28.8 Å². The maximum atomic E-state index is 6.88. The third kappa shape index (κ3) is 5.33. The summed E-state index contributed by atoms with van der Waals surface area (Å²) in [5.74, 6) is 1.48. The lowest BCUT2D eigenvalue weighted by Gasteiger charge is -2.32. The molecule has 1 fully saturated rings. The summed E-state index contributed by atoms with van der Waals surface area (Å²) in [5.41, 5.74) is 15.8. The van der Waals surface area contributed by atoms with Gasteiger partial charge in [-0.15, -0.1) is 0 Å². The zero-order valence-corrected chi connectivity index (χ0v) is 33.1. The number of nitrogens with zero attached hydrogens (tertiary/aromatic N) is 3. The fraction of sp³-hybridized carbons (Fsp3) is 0.383. The molecule has 2 atom stereocenters. The first-order valence-corrected chi connectivity index (χ1v) is 23.2. The molecule has 0 saturated heterocycles. The minimum atomic E-state index is -1.68. The minimum absolute atomic E-state index is 0.0662. The topological polar surface area (TPSA) is 33.8 Å². The Labute approximate surface area is 310 Å². The molecule has 0 bridgehead atoms. The predicted molar refractivity (Wildman–Crippen MR) is 217 cm³/mol. The van der Waals surface area contributed by atoms with E-state index in [1.165, 1.54) is 81.4 Å². The molecule has 264 valence electrons. The van der Waals surface area contributed by atoms with Crippen LogP contribution >= 0.6 is 0 Å². The smallest absolute Gasteiger partial charge is 0.249 e. The molecule has 3 aliphatic rings. The van der Waals surface area contributed by atoms with Gasteiger partial charge in [-0.25, -0.2) is 4.98 Å². The molecule has 5 heteroatoms. The Balaban J connectivity index is 1.34. The number of aromatic nitrogens is 3. The zero-order chi connectivity index (χ0) is 36.1. The zero-order valence-electron chi connectivity index (χ0n) is 32.1. The number of rotatable bonds is 4. The average molecular weight is 704 g/mol. The molecule has 0 N–H and O–H groups in total. The van der Waals surface area contributed by atoms with Crippen LogP contribution in [-0.2, 0) is 12.8 Å². The molecule has 2 aromatic carbocycles. The van der Waals surface area contributed by atoms with Crippen molar-refractivity contribution in [3.8, 4) is 22.5 Å². The number of benzene rings is 2. The molecule has 0 spiro atoms. The van der Waals surface area contributed by atoms with Crippen LogP contribution in [-0.4, -0.2) is 13.1 Å². The summed E-state index contributed by atoms with van der Waals surface area (Å²) in [5, 5.41) is 3.84. The highest BCUT2D eigenvalue weighted by molar-refractivity contribution is 6.89. The van der Waals surface area contributed by atoms with E-state index in [4.69, 9.17) is 16.0 Å². The molecule has 6 aromatic rings. The third-order valence-electron chi connectivity index (χ3n) is 12.6. The van der Waals surface area contributed by atoms with E-state index in [0.29, 0.717) is 5.92 Å². The van der Waals surface area contributed by atoms with Crippen molar-refractivity contribution in [1.29, 1.82) is 0 Å². The summed E-state index contributed by atoms with van der Waals surface area (Å²) in [6, 6.07) is 23.4. The average Bonchev–Trinajstić information content (AvgIpc) is 3.77. The summed E-state index contributed by atoms with van der Waals surface area (Å²) in [6.45, 7) is 21.6. The largest absolute Gasteiger partial charge is 0.437 e.